The van der Waals surface area contributed by atoms with Crippen LogP contribution in [0.25, 0.3) is 0 Å². The molecule has 0 aromatic carbocycles. The fourth-order valence-electron chi connectivity index (χ4n) is 4.09. The van der Waals surface area contributed by atoms with Crippen molar-refractivity contribution in [1.82, 2.24) is 14.9 Å². The third kappa shape index (κ3) is 1.30. The van der Waals surface area contributed by atoms with E-state index in [9.17, 15) is 0 Å². The molecule has 4 unspecified atom stereocenters. The average molecular weight is 245 g/mol. The summed E-state index contributed by atoms with van der Waals surface area (Å²) in [6, 6.07) is 1.15. The van der Waals surface area contributed by atoms with Crippen LogP contribution >= 0.6 is 0 Å². The molecule has 1 spiro atoms. The van der Waals surface area contributed by atoms with Crippen LogP contribution in [-0.2, 0) is 6.42 Å². The summed E-state index contributed by atoms with van der Waals surface area (Å²) in [5.41, 5.74) is 1.77. The molecule has 0 bridgehead atoms. The molecule has 4 atom stereocenters. The minimum Gasteiger partial charge on any atom is -0.458 e. The number of aryl methyl sites for hydroxylation is 1. The van der Waals surface area contributed by atoms with Gasteiger partial charge >= 0.3 is 6.01 Å². The second kappa shape index (κ2) is 3.44. The van der Waals surface area contributed by atoms with Crippen LogP contribution in [0.2, 0.25) is 0 Å². The molecule has 2 aliphatic carbocycles. The maximum Gasteiger partial charge on any atom is 0.316 e. The van der Waals surface area contributed by atoms with E-state index < -0.39 is 0 Å². The van der Waals surface area contributed by atoms with Crippen molar-refractivity contribution in [2.24, 2.45) is 11.3 Å². The molecule has 4 heteroatoms. The summed E-state index contributed by atoms with van der Waals surface area (Å²) in [6.45, 7) is 3.36. The van der Waals surface area contributed by atoms with Crippen molar-refractivity contribution >= 4 is 0 Å². The van der Waals surface area contributed by atoms with Crippen molar-refractivity contribution in [3.05, 3.63) is 18.0 Å². The van der Waals surface area contributed by atoms with E-state index >= 15 is 0 Å². The van der Waals surface area contributed by atoms with Gasteiger partial charge in [0.15, 0.2) is 0 Å². The van der Waals surface area contributed by atoms with Gasteiger partial charge in [-0.05, 0) is 43.2 Å². The van der Waals surface area contributed by atoms with E-state index in [0.29, 0.717) is 23.6 Å². The molecule has 2 saturated carbocycles. The van der Waals surface area contributed by atoms with E-state index in [1.807, 2.05) is 12.4 Å². The summed E-state index contributed by atoms with van der Waals surface area (Å²) in [4.78, 5) is 11.1. The molecule has 1 aromatic rings. The maximum absolute atomic E-state index is 5.96. The Bertz CT molecular complexity index is 474. The summed E-state index contributed by atoms with van der Waals surface area (Å²) in [7, 11) is 2.22. The first-order valence-corrected chi connectivity index (χ1v) is 6.91. The number of hydrogen-bond donors (Lipinski definition) is 0. The zero-order valence-corrected chi connectivity index (χ0v) is 11.0. The van der Waals surface area contributed by atoms with E-state index in [0.717, 1.165) is 17.9 Å². The molecule has 2 heterocycles. The standard InChI is InChI=1S/C14H19N3O/c1-3-9-6-15-13(16-7-9)18-11-5-14-4-10(14)8-17(2)12(11)14/h6-7,10-12H,3-5,8H2,1-2H3. The van der Waals surface area contributed by atoms with Gasteiger partial charge in [0.05, 0.1) is 6.04 Å². The largest absolute Gasteiger partial charge is 0.458 e. The molecule has 0 amide bonds. The highest BCUT2D eigenvalue weighted by Gasteiger charge is 2.74. The Morgan fingerprint density at radius 3 is 2.83 bits per heavy atom. The van der Waals surface area contributed by atoms with E-state index in [1.165, 1.54) is 19.4 Å². The first kappa shape index (κ1) is 10.7. The number of likely N-dealkylation sites (N-methyl/N-ethyl adjacent to an activating group) is 1. The van der Waals surface area contributed by atoms with Gasteiger partial charge in [-0.3, -0.25) is 4.90 Å². The van der Waals surface area contributed by atoms with Crippen molar-refractivity contribution in [1.29, 1.82) is 0 Å². The van der Waals surface area contributed by atoms with E-state index in [2.05, 4.69) is 28.8 Å². The van der Waals surface area contributed by atoms with Gasteiger partial charge in [0.25, 0.3) is 0 Å². The molecule has 3 aliphatic rings. The lowest BCUT2D eigenvalue weighted by Gasteiger charge is -2.45. The number of aromatic nitrogens is 2. The highest BCUT2D eigenvalue weighted by atomic mass is 16.5. The molecule has 0 N–H and O–H groups in total. The van der Waals surface area contributed by atoms with Crippen LogP contribution in [0.5, 0.6) is 6.01 Å². The predicted molar refractivity (Wildman–Crippen MR) is 67.4 cm³/mol. The topological polar surface area (TPSA) is 38.2 Å². The zero-order chi connectivity index (χ0) is 12.3. The Morgan fingerprint density at radius 1 is 1.39 bits per heavy atom. The summed E-state index contributed by atoms with van der Waals surface area (Å²) in [6.07, 6.45) is 7.63. The summed E-state index contributed by atoms with van der Waals surface area (Å²) >= 11 is 0. The van der Waals surface area contributed by atoms with Crippen LogP contribution < -0.4 is 4.74 Å². The zero-order valence-electron chi connectivity index (χ0n) is 11.0. The second-order valence-electron chi connectivity index (χ2n) is 6.11. The van der Waals surface area contributed by atoms with Gasteiger partial charge in [0, 0.05) is 18.9 Å². The van der Waals surface area contributed by atoms with Crippen LogP contribution in [0.4, 0.5) is 0 Å². The highest BCUT2D eigenvalue weighted by Crippen LogP contribution is 2.71. The number of ether oxygens (including phenoxy) is 1. The smallest absolute Gasteiger partial charge is 0.316 e. The molecule has 4 rings (SSSR count). The van der Waals surface area contributed by atoms with Gasteiger partial charge in [-0.25, -0.2) is 9.97 Å². The van der Waals surface area contributed by atoms with Gasteiger partial charge in [0.1, 0.15) is 6.10 Å². The van der Waals surface area contributed by atoms with E-state index in [4.69, 9.17) is 4.74 Å². The number of likely N-dealkylation sites (tertiary alicyclic amines) is 1. The molecule has 4 nitrogen and oxygen atoms in total. The molecule has 0 radical (unpaired) electrons. The Labute approximate surface area is 107 Å². The fourth-order valence-corrected chi connectivity index (χ4v) is 4.09. The van der Waals surface area contributed by atoms with Crippen LogP contribution in [0, 0.1) is 11.3 Å². The van der Waals surface area contributed by atoms with Crippen molar-refractivity contribution in [3.8, 4) is 6.01 Å². The van der Waals surface area contributed by atoms with E-state index in [-0.39, 0.29) is 0 Å². The lowest BCUT2D eigenvalue weighted by atomic mass is 9.73. The van der Waals surface area contributed by atoms with Gasteiger partial charge in [-0.1, -0.05) is 6.92 Å². The van der Waals surface area contributed by atoms with Gasteiger partial charge in [-0.2, -0.15) is 0 Å². The van der Waals surface area contributed by atoms with Gasteiger partial charge in [-0.15, -0.1) is 0 Å². The second-order valence-corrected chi connectivity index (χ2v) is 6.11. The molecule has 1 saturated heterocycles. The Kier molecular flexibility index (Phi) is 2.05. The monoisotopic (exact) mass is 245 g/mol. The molecular weight excluding hydrogens is 226 g/mol. The SMILES string of the molecule is CCc1cnc(OC2CC34CC3CN(C)C24)nc1. The summed E-state index contributed by atoms with van der Waals surface area (Å²) in [5, 5.41) is 0. The van der Waals surface area contributed by atoms with Crippen LogP contribution in [0.1, 0.15) is 25.3 Å². The quantitative estimate of drug-likeness (QED) is 0.809. The molecule has 3 fully saturated rings. The van der Waals surface area contributed by atoms with Crippen LogP contribution in [0.3, 0.4) is 0 Å². The molecule has 96 valence electrons. The molecular formula is C14H19N3O. The third-order valence-corrected chi connectivity index (χ3v) is 5.13. The minimum absolute atomic E-state index is 0.301. The normalized spacial score (nSPS) is 40.9. The number of nitrogens with zero attached hydrogens (tertiary/aromatic N) is 3. The maximum atomic E-state index is 5.96. The van der Waals surface area contributed by atoms with Gasteiger partial charge < -0.3 is 4.74 Å². The van der Waals surface area contributed by atoms with Gasteiger partial charge in [0.2, 0.25) is 0 Å². The first-order chi connectivity index (χ1) is 8.73. The lowest BCUT2D eigenvalue weighted by Crippen LogP contribution is -2.56. The first-order valence-electron chi connectivity index (χ1n) is 6.91. The van der Waals surface area contributed by atoms with Crippen LogP contribution in [-0.4, -0.2) is 40.6 Å². The third-order valence-electron chi connectivity index (χ3n) is 5.13. The summed E-state index contributed by atoms with van der Waals surface area (Å²) in [5.74, 6) is 0.940. The van der Waals surface area contributed by atoms with E-state index in [1.54, 1.807) is 0 Å². The number of rotatable bonds is 3. The molecule has 1 aromatic heterocycles. The van der Waals surface area contributed by atoms with Crippen molar-refractivity contribution in [2.45, 2.75) is 38.3 Å². The minimum atomic E-state index is 0.301. The predicted octanol–water partition coefficient (Wildman–Crippen LogP) is 1.51. The molecule has 18 heavy (non-hydrogen) atoms. The fraction of sp³-hybridized carbons (Fsp3) is 0.714. The Hall–Kier alpha value is -1.16. The Morgan fingerprint density at radius 2 is 2.17 bits per heavy atom. The number of hydrogen-bond acceptors (Lipinski definition) is 4. The summed E-state index contributed by atoms with van der Waals surface area (Å²) < 4.78 is 5.96. The number of piperidine rings is 1. The van der Waals surface area contributed by atoms with Crippen molar-refractivity contribution in [3.63, 3.8) is 0 Å². The Balaban J connectivity index is 1.46. The van der Waals surface area contributed by atoms with Crippen LogP contribution in [0.15, 0.2) is 12.4 Å². The average Bonchev–Trinajstić information content (AvgIpc) is 2.99. The lowest BCUT2D eigenvalue weighted by molar-refractivity contribution is -0.0365. The molecule has 1 aliphatic heterocycles. The highest BCUT2D eigenvalue weighted by molar-refractivity contribution is 5.26. The van der Waals surface area contributed by atoms with Crippen molar-refractivity contribution < 1.29 is 4.74 Å². The van der Waals surface area contributed by atoms with Crippen molar-refractivity contribution in [2.75, 3.05) is 13.6 Å².